The minimum Gasteiger partial charge on any atom is -0.492 e. The van der Waals surface area contributed by atoms with Gasteiger partial charge in [-0.3, -0.25) is 4.90 Å². The summed E-state index contributed by atoms with van der Waals surface area (Å²) in [6.45, 7) is 4.99. The highest BCUT2D eigenvalue weighted by molar-refractivity contribution is 7.17. The molecule has 0 saturated carbocycles. The van der Waals surface area contributed by atoms with Gasteiger partial charge in [-0.05, 0) is 17.7 Å². The fourth-order valence-corrected chi connectivity index (χ4v) is 4.39. The van der Waals surface area contributed by atoms with E-state index in [4.69, 9.17) is 16.3 Å². The molecule has 1 aliphatic rings. The maximum atomic E-state index is 10.8. The molecule has 25 heavy (non-hydrogen) atoms. The van der Waals surface area contributed by atoms with Crippen LogP contribution in [0.2, 0.25) is 5.02 Å². The molecule has 1 saturated heterocycles. The lowest BCUT2D eigenvalue weighted by Gasteiger charge is -2.34. The molecule has 132 valence electrons. The number of thiazole rings is 1. The van der Waals surface area contributed by atoms with Crippen LogP contribution in [0.5, 0.6) is 5.88 Å². The third-order valence-electron chi connectivity index (χ3n) is 4.40. The van der Waals surface area contributed by atoms with E-state index >= 15 is 0 Å². The number of nitrogens with zero attached hydrogens (tertiary/aromatic N) is 4. The second-order valence-corrected chi connectivity index (χ2v) is 7.41. The van der Waals surface area contributed by atoms with Crippen molar-refractivity contribution in [3.8, 4) is 5.88 Å². The highest BCUT2D eigenvalue weighted by atomic mass is 35.5. The molecule has 8 heteroatoms. The summed E-state index contributed by atoms with van der Waals surface area (Å²) in [6.07, 6.45) is 0.743. The fourth-order valence-electron chi connectivity index (χ4n) is 3.13. The van der Waals surface area contributed by atoms with Crippen molar-refractivity contribution in [2.45, 2.75) is 19.4 Å². The standard InChI is InChI=1S/C17H19ClN4O2S/c1-2-13-19-17-22(20-13)16(23)15(25-17)14(21-7-9-24-10-8-21)11-3-5-12(18)6-4-11/h3-6,14,23H,2,7-10H2,1H3. The molecule has 1 aliphatic heterocycles. The third kappa shape index (κ3) is 3.13. The maximum absolute atomic E-state index is 10.8. The molecule has 0 bridgehead atoms. The van der Waals surface area contributed by atoms with E-state index in [-0.39, 0.29) is 11.9 Å². The van der Waals surface area contributed by atoms with Crippen molar-refractivity contribution in [2.75, 3.05) is 26.3 Å². The Kier molecular flexibility index (Phi) is 4.64. The predicted octanol–water partition coefficient (Wildman–Crippen LogP) is 3.13. The number of aromatic nitrogens is 3. The smallest absolute Gasteiger partial charge is 0.230 e. The van der Waals surface area contributed by atoms with E-state index in [2.05, 4.69) is 15.0 Å². The number of ether oxygens (including phenoxy) is 1. The lowest BCUT2D eigenvalue weighted by molar-refractivity contribution is 0.0241. The Hall–Kier alpha value is -1.67. The predicted molar refractivity (Wildman–Crippen MR) is 97.6 cm³/mol. The zero-order chi connectivity index (χ0) is 17.4. The Morgan fingerprint density at radius 3 is 2.64 bits per heavy atom. The first-order valence-corrected chi connectivity index (χ1v) is 9.51. The van der Waals surface area contributed by atoms with E-state index < -0.39 is 0 Å². The molecule has 1 unspecified atom stereocenters. The molecule has 3 heterocycles. The number of morpholine rings is 1. The first-order chi connectivity index (χ1) is 12.2. The van der Waals surface area contributed by atoms with E-state index in [1.54, 1.807) is 4.52 Å². The summed E-state index contributed by atoms with van der Waals surface area (Å²) in [4.78, 5) is 8.38. The van der Waals surface area contributed by atoms with Crippen molar-refractivity contribution >= 4 is 27.9 Å². The van der Waals surface area contributed by atoms with Gasteiger partial charge >= 0.3 is 0 Å². The molecular weight excluding hydrogens is 360 g/mol. The largest absolute Gasteiger partial charge is 0.492 e. The van der Waals surface area contributed by atoms with Gasteiger partial charge < -0.3 is 9.84 Å². The monoisotopic (exact) mass is 378 g/mol. The van der Waals surface area contributed by atoms with Gasteiger partial charge in [0.25, 0.3) is 0 Å². The number of rotatable bonds is 4. The fraction of sp³-hybridized carbons (Fsp3) is 0.412. The Morgan fingerprint density at radius 1 is 1.28 bits per heavy atom. The zero-order valence-electron chi connectivity index (χ0n) is 13.9. The number of fused-ring (bicyclic) bond motifs is 1. The van der Waals surface area contributed by atoms with E-state index in [1.165, 1.54) is 11.3 Å². The molecule has 1 fully saturated rings. The topological polar surface area (TPSA) is 62.9 Å². The molecule has 0 radical (unpaired) electrons. The van der Waals surface area contributed by atoms with Crippen LogP contribution in [0.25, 0.3) is 4.96 Å². The highest BCUT2D eigenvalue weighted by Gasteiger charge is 2.30. The van der Waals surface area contributed by atoms with Crippen molar-refractivity contribution in [1.29, 1.82) is 0 Å². The van der Waals surface area contributed by atoms with Crippen molar-refractivity contribution < 1.29 is 9.84 Å². The van der Waals surface area contributed by atoms with Gasteiger partial charge in [0, 0.05) is 24.5 Å². The van der Waals surface area contributed by atoms with Crippen LogP contribution in [-0.2, 0) is 11.2 Å². The summed E-state index contributed by atoms with van der Waals surface area (Å²) in [5.74, 6) is 0.904. The number of halogens is 1. The van der Waals surface area contributed by atoms with Gasteiger partial charge in [0.1, 0.15) is 0 Å². The molecule has 6 nitrogen and oxygen atoms in total. The van der Waals surface area contributed by atoms with Crippen LogP contribution in [0, 0.1) is 0 Å². The average molecular weight is 379 g/mol. The number of benzene rings is 1. The summed E-state index contributed by atoms with van der Waals surface area (Å²) in [7, 11) is 0. The summed E-state index contributed by atoms with van der Waals surface area (Å²) in [6, 6.07) is 7.71. The normalized spacial score (nSPS) is 17.2. The van der Waals surface area contributed by atoms with Crippen molar-refractivity contribution in [1.82, 2.24) is 19.5 Å². The van der Waals surface area contributed by atoms with Crippen LogP contribution in [0.15, 0.2) is 24.3 Å². The van der Waals surface area contributed by atoms with Gasteiger partial charge in [-0.2, -0.15) is 4.52 Å². The summed E-state index contributed by atoms with van der Waals surface area (Å²) < 4.78 is 7.04. The van der Waals surface area contributed by atoms with Gasteiger partial charge in [0.05, 0.1) is 24.1 Å². The second kappa shape index (κ2) is 6.92. The van der Waals surface area contributed by atoms with E-state index in [1.807, 2.05) is 31.2 Å². The van der Waals surface area contributed by atoms with Crippen LogP contribution >= 0.6 is 22.9 Å². The molecule has 4 rings (SSSR count). The Balaban J connectivity index is 1.80. The van der Waals surface area contributed by atoms with Gasteiger partial charge in [0.2, 0.25) is 10.8 Å². The molecule has 1 aromatic carbocycles. The van der Waals surface area contributed by atoms with Crippen molar-refractivity contribution in [3.63, 3.8) is 0 Å². The highest BCUT2D eigenvalue weighted by Crippen LogP contribution is 2.40. The maximum Gasteiger partial charge on any atom is 0.230 e. The van der Waals surface area contributed by atoms with Crippen molar-refractivity contribution in [3.05, 3.63) is 45.6 Å². The van der Waals surface area contributed by atoms with Crippen LogP contribution in [0.3, 0.4) is 0 Å². The lowest BCUT2D eigenvalue weighted by atomic mass is 10.0. The first kappa shape index (κ1) is 16.8. The van der Waals surface area contributed by atoms with E-state index in [0.29, 0.717) is 18.2 Å². The molecule has 0 spiro atoms. The van der Waals surface area contributed by atoms with Gasteiger partial charge in [0.15, 0.2) is 5.82 Å². The molecule has 1 atom stereocenters. The van der Waals surface area contributed by atoms with Gasteiger partial charge in [-0.1, -0.05) is 42.0 Å². The molecule has 1 N–H and O–H groups in total. The van der Waals surface area contributed by atoms with E-state index in [9.17, 15) is 5.11 Å². The molecule has 0 amide bonds. The van der Waals surface area contributed by atoms with Gasteiger partial charge in [-0.15, -0.1) is 5.10 Å². The average Bonchev–Trinajstić information content (AvgIpc) is 3.18. The SMILES string of the molecule is CCc1nc2sc(C(c3ccc(Cl)cc3)N3CCOCC3)c(O)n2n1. The summed E-state index contributed by atoms with van der Waals surface area (Å²) in [5, 5.41) is 15.9. The Labute approximate surface area is 154 Å². The number of aromatic hydroxyl groups is 1. The lowest BCUT2D eigenvalue weighted by Crippen LogP contribution is -2.39. The molecule has 3 aromatic rings. The zero-order valence-corrected chi connectivity index (χ0v) is 15.4. The van der Waals surface area contributed by atoms with Crippen LogP contribution in [0.4, 0.5) is 0 Å². The van der Waals surface area contributed by atoms with Gasteiger partial charge in [-0.25, -0.2) is 4.98 Å². The number of hydrogen-bond acceptors (Lipinski definition) is 6. The number of aryl methyl sites for hydroxylation is 1. The summed E-state index contributed by atoms with van der Waals surface area (Å²) in [5.41, 5.74) is 1.09. The quantitative estimate of drug-likeness (QED) is 0.755. The first-order valence-electron chi connectivity index (χ1n) is 8.32. The minimum absolute atomic E-state index is 0.0697. The summed E-state index contributed by atoms with van der Waals surface area (Å²) >= 11 is 7.54. The molecule has 0 aliphatic carbocycles. The third-order valence-corrected chi connectivity index (χ3v) is 5.73. The van der Waals surface area contributed by atoms with Crippen LogP contribution < -0.4 is 0 Å². The van der Waals surface area contributed by atoms with Crippen LogP contribution in [-0.4, -0.2) is 50.9 Å². The second-order valence-electron chi connectivity index (χ2n) is 5.97. The minimum atomic E-state index is -0.0697. The Morgan fingerprint density at radius 2 is 2.00 bits per heavy atom. The molecule has 2 aromatic heterocycles. The molecular formula is C17H19ClN4O2S. The van der Waals surface area contributed by atoms with Crippen molar-refractivity contribution in [2.24, 2.45) is 0 Å². The van der Waals surface area contributed by atoms with Crippen LogP contribution in [0.1, 0.15) is 29.2 Å². The number of hydrogen-bond donors (Lipinski definition) is 1. The Bertz CT molecular complexity index is 871. The van der Waals surface area contributed by atoms with E-state index in [0.717, 1.165) is 40.7 Å².